The normalized spacial score (nSPS) is 40.4. The maximum absolute atomic E-state index is 12.5. The van der Waals surface area contributed by atoms with Gasteiger partial charge in [-0.2, -0.15) is 0 Å². The van der Waals surface area contributed by atoms with E-state index >= 15 is 0 Å². The molecule has 0 aromatic rings. The van der Waals surface area contributed by atoms with Crippen LogP contribution >= 0.6 is 0 Å². The highest BCUT2D eigenvalue weighted by molar-refractivity contribution is 7.97. The fourth-order valence-corrected chi connectivity index (χ4v) is 7.80. The van der Waals surface area contributed by atoms with Gasteiger partial charge < -0.3 is 9.64 Å². The zero-order valence-electron chi connectivity index (χ0n) is 14.6. The van der Waals surface area contributed by atoms with Gasteiger partial charge in [-0.3, -0.25) is 4.79 Å². The maximum atomic E-state index is 12.5. The third-order valence-electron chi connectivity index (χ3n) is 6.94. The fourth-order valence-electron chi connectivity index (χ4n) is 5.17. The Kier molecular flexibility index (Phi) is 4.14. The molecular formula is C18H30NO2S+. The van der Waals surface area contributed by atoms with Crippen LogP contribution in [0.15, 0.2) is 12.2 Å². The molecule has 0 aromatic heterocycles. The number of amides is 1. The van der Waals surface area contributed by atoms with Crippen LogP contribution in [-0.4, -0.2) is 54.4 Å². The van der Waals surface area contributed by atoms with Crippen molar-refractivity contribution in [1.82, 2.24) is 4.90 Å². The molecule has 5 atom stereocenters. The lowest BCUT2D eigenvalue weighted by Gasteiger charge is -2.38. The van der Waals surface area contributed by atoms with Crippen LogP contribution in [0.3, 0.4) is 0 Å². The summed E-state index contributed by atoms with van der Waals surface area (Å²) in [5, 5.41) is 0.540. The van der Waals surface area contributed by atoms with Crippen molar-refractivity contribution in [2.45, 2.75) is 45.0 Å². The number of carbonyl (C=O) groups excluding carboxylic acids is 1. The van der Waals surface area contributed by atoms with Crippen molar-refractivity contribution in [3.8, 4) is 0 Å². The molecule has 2 saturated carbocycles. The van der Waals surface area contributed by atoms with Crippen molar-refractivity contribution < 1.29 is 9.53 Å². The minimum absolute atomic E-state index is 0.0826. The number of hydrogen-bond acceptors (Lipinski definition) is 2. The second-order valence-corrected chi connectivity index (χ2v) is 10.2. The highest BCUT2D eigenvalue weighted by atomic mass is 32.2. The van der Waals surface area contributed by atoms with Crippen molar-refractivity contribution in [1.29, 1.82) is 0 Å². The summed E-state index contributed by atoms with van der Waals surface area (Å²) in [5.74, 6) is 1.70. The van der Waals surface area contributed by atoms with E-state index in [4.69, 9.17) is 4.74 Å². The number of ether oxygens (including phenoxy) is 1. The molecule has 2 fully saturated rings. The third-order valence-corrected chi connectivity index (χ3v) is 9.14. The topological polar surface area (TPSA) is 29.5 Å². The monoisotopic (exact) mass is 324 g/mol. The first-order valence-corrected chi connectivity index (χ1v) is 10.3. The highest BCUT2D eigenvalue weighted by Crippen LogP contribution is 2.67. The summed E-state index contributed by atoms with van der Waals surface area (Å²) in [6.45, 7) is 8.83. The van der Waals surface area contributed by atoms with Crippen LogP contribution in [0.2, 0.25) is 0 Å². The van der Waals surface area contributed by atoms with Gasteiger partial charge in [-0.1, -0.05) is 32.9 Å². The molecule has 0 aromatic carbocycles. The van der Waals surface area contributed by atoms with Gasteiger partial charge in [-0.25, -0.2) is 0 Å². The van der Waals surface area contributed by atoms with E-state index in [1.54, 1.807) is 0 Å². The van der Waals surface area contributed by atoms with E-state index in [0.29, 0.717) is 34.3 Å². The van der Waals surface area contributed by atoms with Gasteiger partial charge in [0.15, 0.2) is 5.75 Å². The van der Waals surface area contributed by atoms with Gasteiger partial charge in [-0.05, 0) is 29.2 Å². The molecule has 0 radical (unpaired) electrons. The molecule has 22 heavy (non-hydrogen) atoms. The maximum Gasteiger partial charge on any atom is 0.273 e. The van der Waals surface area contributed by atoms with E-state index in [9.17, 15) is 4.79 Å². The Bertz CT molecular complexity index is 481. The van der Waals surface area contributed by atoms with Gasteiger partial charge in [0, 0.05) is 31.5 Å². The molecular weight excluding hydrogens is 294 g/mol. The number of rotatable bonds is 4. The van der Waals surface area contributed by atoms with Gasteiger partial charge in [-0.15, -0.1) is 0 Å². The van der Waals surface area contributed by atoms with Gasteiger partial charge in [0.25, 0.3) is 5.91 Å². The Labute approximate surface area is 137 Å². The standard InChI is InChI=1S/C18H30NO2S/c1-17(2)13-8-9-18(17,3)16(21-4)15(13)22(5)12-14(20)19-10-6-7-11-19/h6-7,13,15-16H,8-12H2,1-5H3/q+1/t13-,15-,16-,18+,22?/m1/s1. The van der Waals surface area contributed by atoms with Crippen LogP contribution in [0.1, 0.15) is 33.6 Å². The van der Waals surface area contributed by atoms with Crippen LogP contribution in [-0.2, 0) is 20.4 Å². The largest absolute Gasteiger partial charge is 0.376 e. The quantitative estimate of drug-likeness (QED) is 0.587. The molecule has 2 aliphatic carbocycles. The summed E-state index contributed by atoms with van der Waals surface area (Å²) in [7, 11) is 1.95. The summed E-state index contributed by atoms with van der Waals surface area (Å²) in [5.41, 5.74) is 0.578. The van der Waals surface area contributed by atoms with E-state index in [2.05, 4.69) is 39.2 Å². The highest BCUT2D eigenvalue weighted by Gasteiger charge is 2.70. The summed E-state index contributed by atoms with van der Waals surface area (Å²) in [4.78, 5) is 14.5. The van der Waals surface area contributed by atoms with E-state index in [1.165, 1.54) is 12.8 Å². The second-order valence-electron chi connectivity index (χ2n) is 8.01. The SMILES string of the molecule is CO[C@@H]1[C@H]([S+](C)CC(=O)N2CC=CC2)[C@H]2CC[C@]1(C)C2(C)C. The lowest BCUT2D eigenvalue weighted by atomic mass is 9.70. The molecule has 3 nitrogen and oxygen atoms in total. The predicted molar refractivity (Wildman–Crippen MR) is 93.1 cm³/mol. The Morgan fingerprint density at radius 1 is 1.32 bits per heavy atom. The van der Waals surface area contributed by atoms with Crippen molar-refractivity contribution in [2.24, 2.45) is 16.7 Å². The first-order valence-electron chi connectivity index (χ1n) is 8.40. The Hall–Kier alpha value is -0.480. The molecule has 2 bridgehead atoms. The van der Waals surface area contributed by atoms with Gasteiger partial charge in [0.05, 0.1) is 6.26 Å². The summed E-state index contributed by atoms with van der Waals surface area (Å²) in [6, 6.07) is 0. The molecule has 3 rings (SSSR count). The minimum Gasteiger partial charge on any atom is -0.376 e. The zero-order chi connectivity index (χ0) is 16.1. The Balaban J connectivity index is 1.74. The van der Waals surface area contributed by atoms with E-state index in [1.807, 2.05) is 12.0 Å². The average molecular weight is 325 g/mol. The van der Waals surface area contributed by atoms with E-state index in [-0.39, 0.29) is 16.3 Å². The predicted octanol–water partition coefficient (Wildman–Crippen LogP) is 2.47. The molecule has 0 saturated heterocycles. The van der Waals surface area contributed by atoms with Crippen LogP contribution in [0, 0.1) is 16.7 Å². The van der Waals surface area contributed by atoms with E-state index < -0.39 is 0 Å². The number of methoxy groups -OCH3 is 1. The molecule has 124 valence electrons. The minimum atomic E-state index is 0.0826. The van der Waals surface area contributed by atoms with Crippen molar-refractivity contribution in [2.75, 3.05) is 32.2 Å². The fraction of sp³-hybridized carbons (Fsp3) is 0.833. The summed E-state index contributed by atoms with van der Waals surface area (Å²) >= 11 is 0. The van der Waals surface area contributed by atoms with Crippen molar-refractivity contribution >= 4 is 16.8 Å². The molecule has 4 heteroatoms. The number of carbonyl (C=O) groups is 1. The molecule has 1 unspecified atom stereocenters. The first kappa shape index (κ1) is 16.4. The Morgan fingerprint density at radius 3 is 2.55 bits per heavy atom. The molecule has 1 aliphatic heterocycles. The van der Waals surface area contributed by atoms with Gasteiger partial charge in [0.2, 0.25) is 0 Å². The number of hydrogen-bond donors (Lipinski definition) is 0. The molecule has 1 amide bonds. The third kappa shape index (κ3) is 2.17. The molecule has 1 heterocycles. The van der Waals surface area contributed by atoms with Crippen LogP contribution in [0.25, 0.3) is 0 Å². The van der Waals surface area contributed by atoms with Crippen LogP contribution < -0.4 is 0 Å². The van der Waals surface area contributed by atoms with Gasteiger partial charge in [0.1, 0.15) is 11.4 Å². The first-order chi connectivity index (χ1) is 10.3. The number of fused-ring (bicyclic) bond motifs is 2. The molecule has 0 N–H and O–H groups in total. The molecule has 3 aliphatic rings. The lowest BCUT2D eigenvalue weighted by Crippen LogP contribution is -2.47. The zero-order valence-corrected chi connectivity index (χ0v) is 15.4. The lowest BCUT2D eigenvalue weighted by molar-refractivity contribution is -0.127. The van der Waals surface area contributed by atoms with Crippen molar-refractivity contribution in [3.63, 3.8) is 0 Å². The van der Waals surface area contributed by atoms with Gasteiger partial charge >= 0.3 is 0 Å². The average Bonchev–Trinajstić information content (AvgIpc) is 3.10. The van der Waals surface area contributed by atoms with E-state index in [0.717, 1.165) is 13.1 Å². The van der Waals surface area contributed by atoms with Crippen molar-refractivity contribution in [3.05, 3.63) is 12.2 Å². The second kappa shape index (κ2) is 5.55. The summed E-state index contributed by atoms with van der Waals surface area (Å²) in [6.07, 6.45) is 9.33. The van der Waals surface area contributed by atoms with Crippen LogP contribution in [0.5, 0.6) is 0 Å². The van der Waals surface area contributed by atoms with Crippen LogP contribution in [0.4, 0.5) is 0 Å². The number of nitrogens with zero attached hydrogens (tertiary/aromatic N) is 1. The smallest absolute Gasteiger partial charge is 0.273 e. The Morgan fingerprint density at radius 2 is 1.95 bits per heavy atom. The summed E-state index contributed by atoms with van der Waals surface area (Å²) < 4.78 is 5.99. The molecule has 0 spiro atoms.